The van der Waals surface area contributed by atoms with Gasteiger partial charge in [-0.2, -0.15) is 5.10 Å². The molecule has 2 aromatic carbocycles. The first kappa shape index (κ1) is 19.1. The van der Waals surface area contributed by atoms with Gasteiger partial charge in [-0.1, -0.05) is 29.8 Å². The number of hydrogen-bond acceptors (Lipinski definition) is 5. The quantitative estimate of drug-likeness (QED) is 0.440. The average Bonchev–Trinajstić information content (AvgIpc) is 2.62. The third-order valence-corrected chi connectivity index (χ3v) is 3.56. The predicted molar refractivity (Wildman–Crippen MR) is 98.1 cm³/mol. The average molecular weight is 375 g/mol. The van der Waals surface area contributed by atoms with Crippen LogP contribution in [0.1, 0.15) is 18.4 Å². The van der Waals surface area contributed by atoms with Crippen LogP contribution in [0.2, 0.25) is 5.02 Å². The molecule has 9 heteroatoms. The third-order valence-electron chi connectivity index (χ3n) is 3.22. The van der Waals surface area contributed by atoms with Crippen molar-refractivity contribution >= 4 is 41.0 Å². The molecule has 0 unspecified atom stereocenters. The molecule has 0 spiro atoms. The smallest absolute Gasteiger partial charge is 0.270 e. The van der Waals surface area contributed by atoms with Crippen molar-refractivity contribution in [1.29, 1.82) is 0 Å². The summed E-state index contributed by atoms with van der Waals surface area (Å²) in [7, 11) is 0. The van der Waals surface area contributed by atoms with Crippen molar-refractivity contribution in [2.24, 2.45) is 5.10 Å². The molecule has 26 heavy (non-hydrogen) atoms. The molecule has 0 radical (unpaired) electrons. The van der Waals surface area contributed by atoms with E-state index in [1.165, 1.54) is 24.4 Å². The first-order chi connectivity index (χ1) is 12.5. The molecule has 0 aliphatic heterocycles. The molecule has 0 aliphatic rings. The van der Waals surface area contributed by atoms with E-state index in [1.54, 1.807) is 24.3 Å². The van der Waals surface area contributed by atoms with Crippen molar-refractivity contribution in [2.75, 3.05) is 5.32 Å². The van der Waals surface area contributed by atoms with Crippen molar-refractivity contribution in [1.82, 2.24) is 5.43 Å². The number of benzene rings is 2. The lowest BCUT2D eigenvalue weighted by molar-refractivity contribution is -0.384. The zero-order valence-electron chi connectivity index (χ0n) is 13.5. The number of nitrogens with zero attached hydrogens (tertiary/aromatic N) is 2. The van der Waals surface area contributed by atoms with Crippen LogP contribution in [0.25, 0.3) is 0 Å². The maximum absolute atomic E-state index is 11.7. The number of amides is 2. The van der Waals surface area contributed by atoms with Gasteiger partial charge < -0.3 is 5.32 Å². The Bertz CT molecular complexity index is 840. The predicted octanol–water partition coefficient (Wildman–Crippen LogP) is 3.12. The highest BCUT2D eigenvalue weighted by atomic mass is 35.5. The summed E-state index contributed by atoms with van der Waals surface area (Å²) < 4.78 is 0. The standard InChI is InChI=1S/C17H15ClN4O4/c18-15-7-6-14(22(25)26)10-12(15)11-19-21-17(24)9-8-16(23)20-13-4-2-1-3-5-13/h1-7,10-11H,8-9H2,(H,20,23)(H,21,24)/b19-11+. The van der Waals surface area contributed by atoms with Gasteiger partial charge in [0.25, 0.3) is 5.69 Å². The summed E-state index contributed by atoms with van der Waals surface area (Å²) in [6, 6.07) is 12.8. The number of carbonyl (C=O) groups excluding carboxylic acids is 2. The topological polar surface area (TPSA) is 114 Å². The molecular formula is C17H15ClN4O4. The minimum atomic E-state index is -0.558. The molecule has 2 amide bonds. The van der Waals surface area contributed by atoms with Gasteiger partial charge in [0.2, 0.25) is 11.8 Å². The fraction of sp³-hybridized carbons (Fsp3) is 0.118. The molecule has 0 fully saturated rings. The number of non-ortho nitro benzene ring substituents is 1. The van der Waals surface area contributed by atoms with Crippen LogP contribution in [0.3, 0.4) is 0 Å². The van der Waals surface area contributed by atoms with Gasteiger partial charge >= 0.3 is 0 Å². The fourth-order valence-electron chi connectivity index (χ4n) is 1.95. The second-order valence-corrected chi connectivity index (χ2v) is 5.58. The van der Waals surface area contributed by atoms with E-state index in [0.29, 0.717) is 11.3 Å². The maximum Gasteiger partial charge on any atom is 0.270 e. The summed E-state index contributed by atoms with van der Waals surface area (Å²) in [4.78, 5) is 33.6. The summed E-state index contributed by atoms with van der Waals surface area (Å²) in [5.74, 6) is -0.761. The SMILES string of the molecule is O=C(CCC(=O)Nc1ccccc1)N/N=C/c1cc([N+](=O)[O-])ccc1Cl. The van der Waals surface area contributed by atoms with E-state index in [9.17, 15) is 19.7 Å². The molecule has 8 nitrogen and oxygen atoms in total. The summed E-state index contributed by atoms with van der Waals surface area (Å²) in [6.45, 7) is 0. The number of nitrogens with one attached hydrogen (secondary N) is 2. The van der Waals surface area contributed by atoms with Crippen molar-refractivity contribution in [3.05, 3.63) is 69.2 Å². The number of halogens is 1. The molecule has 0 saturated heterocycles. The zero-order chi connectivity index (χ0) is 18.9. The van der Waals surface area contributed by atoms with Crippen LogP contribution in [0.5, 0.6) is 0 Å². The van der Waals surface area contributed by atoms with Gasteiger partial charge in [-0.05, 0) is 18.2 Å². The van der Waals surface area contributed by atoms with E-state index in [4.69, 9.17) is 11.6 Å². The lowest BCUT2D eigenvalue weighted by Crippen LogP contribution is -2.20. The highest BCUT2D eigenvalue weighted by molar-refractivity contribution is 6.33. The Labute approximate surface area is 154 Å². The second-order valence-electron chi connectivity index (χ2n) is 5.17. The van der Waals surface area contributed by atoms with Gasteiger partial charge in [0, 0.05) is 41.2 Å². The van der Waals surface area contributed by atoms with Crippen LogP contribution in [0, 0.1) is 10.1 Å². The Balaban J connectivity index is 1.81. The molecule has 2 aromatic rings. The monoisotopic (exact) mass is 374 g/mol. The Morgan fingerprint density at radius 2 is 1.81 bits per heavy atom. The van der Waals surface area contributed by atoms with E-state index in [1.807, 2.05) is 6.07 Å². The van der Waals surface area contributed by atoms with E-state index in [0.717, 1.165) is 0 Å². The lowest BCUT2D eigenvalue weighted by atomic mass is 10.2. The summed E-state index contributed by atoms with van der Waals surface area (Å²) in [5, 5.41) is 17.4. The number of nitro groups is 1. The van der Waals surface area contributed by atoms with Gasteiger partial charge in [-0.25, -0.2) is 5.43 Å². The van der Waals surface area contributed by atoms with Crippen LogP contribution < -0.4 is 10.7 Å². The van der Waals surface area contributed by atoms with E-state index < -0.39 is 10.8 Å². The second kappa shape index (κ2) is 9.28. The van der Waals surface area contributed by atoms with Gasteiger partial charge in [-0.3, -0.25) is 19.7 Å². The Morgan fingerprint density at radius 3 is 2.50 bits per heavy atom. The van der Waals surface area contributed by atoms with Crippen molar-refractivity contribution in [3.63, 3.8) is 0 Å². The number of anilines is 1. The minimum absolute atomic E-state index is 0.00614. The first-order valence-corrected chi connectivity index (χ1v) is 7.94. The molecule has 134 valence electrons. The summed E-state index contributed by atoms with van der Waals surface area (Å²) in [6.07, 6.45) is 1.14. The maximum atomic E-state index is 11.7. The summed E-state index contributed by atoms with van der Waals surface area (Å²) in [5.41, 5.74) is 3.05. The van der Waals surface area contributed by atoms with Crippen LogP contribution in [-0.2, 0) is 9.59 Å². The minimum Gasteiger partial charge on any atom is -0.326 e. The summed E-state index contributed by atoms with van der Waals surface area (Å²) >= 11 is 5.92. The van der Waals surface area contributed by atoms with Crippen molar-refractivity contribution < 1.29 is 14.5 Å². The first-order valence-electron chi connectivity index (χ1n) is 7.56. The lowest BCUT2D eigenvalue weighted by Gasteiger charge is -2.04. The number of hydrazone groups is 1. The number of carbonyl (C=O) groups is 2. The van der Waals surface area contributed by atoms with E-state index >= 15 is 0 Å². The van der Waals surface area contributed by atoms with E-state index in [-0.39, 0.29) is 29.5 Å². The fourth-order valence-corrected chi connectivity index (χ4v) is 2.11. The Hall–Kier alpha value is -3.26. The molecule has 2 rings (SSSR count). The normalized spacial score (nSPS) is 10.5. The van der Waals surface area contributed by atoms with E-state index in [2.05, 4.69) is 15.8 Å². The van der Waals surface area contributed by atoms with Gasteiger partial charge in [0.05, 0.1) is 11.1 Å². The van der Waals surface area contributed by atoms with Crippen LogP contribution in [0.4, 0.5) is 11.4 Å². The molecule has 0 heterocycles. The number of para-hydroxylation sites is 1. The molecule has 2 N–H and O–H groups in total. The molecule has 0 aliphatic carbocycles. The molecular weight excluding hydrogens is 360 g/mol. The Kier molecular flexibility index (Phi) is 6.81. The van der Waals surface area contributed by atoms with Crippen molar-refractivity contribution in [2.45, 2.75) is 12.8 Å². The highest BCUT2D eigenvalue weighted by Crippen LogP contribution is 2.20. The van der Waals surface area contributed by atoms with Crippen molar-refractivity contribution in [3.8, 4) is 0 Å². The van der Waals surface area contributed by atoms with Crippen LogP contribution >= 0.6 is 11.6 Å². The molecule has 0 aromatic heterocycles. The largest absolute Gasteiger partial charge is 0.326 e. The highest BCUT2D eigenvalue weighted by Gasteiger charge is 2.09. The van der Waals surface area contributed by atoms with Gasteiger partial charge in [0.1, 0.15) is 0 Å². The number of hydrogen-bond donors (Lipinski definition) is 2. The molecule has 0 bridgehead atoms. The molecule has 0 atom stereocenters. The number of nitro benzene ring substituents is 1. The molecule has 0 saturated carbocycles. The van der Waals surface area contributed by atoms with Crippen LogP contribution in [-0.4, -0.2) is 23.0 Å². The van der Waals surface area contributed by atoms with Gasteiger partial charge in [-0.15, -0.1) is 0 Å². The van der Waals surface area contributed by atoms with Gasteiger partial charge in [0.15, 0.2) is 0 Å². The van der Waals surface area contributed by atoms with Crippen LogP contribution in [0.15, 0.2) is 53.6 Å². The number of rotatable bonds is 7. The Morgan fingerprint density at radius 1 is 1.12 bits per heavy atom. The third kappa shape index (κ3) is 5.99. The zero-order valence-corrected chi connectivity index (χ0v) is 14.3.